The average Bonchev–Trinajstić information content (AvgIpc) is 2.29. The summed E-state index contributed by atoms with van der Waals surface area (Å²) in [5, 5.41) is 2.42. The van der Waals surface area contributed by atoms with Crippen LogP contribution in [0.25, 0.3) is 0 Å². The summed E-state index contributed by atoms with van der Waals surface area (Å²) in [6.07, 6.45) is -0.563. The van der Waals surface area contributed by atoms with Crippen LogP contribution < -0.4 is 5.32 Å². The topological polar surface area (TPSA) is 38.3 Å². The minimum absolute atomic E-state index is 0.0801. The fraction of sp³-hybridized carbons (Fsp3) is 0.357. The van der Waals surface area contributed by atoms with Gasteiger partial charge in [-0.25, -0.2) is 9.18 Å². The first-order chi connectivity index (χ1) is 9.19. The fourth-order valence-electron chi connectivity index (χ4n) is 1.20. The number of nitrogens with one attached hydrogen (secondary N) is 1. The first-order valence-corrected chi connectivity index (χ1v) is 6.55. The molecule has 3 nitrogen and oxygen atoms in total. The second kappa shape index (κ2) is 6.83. The van der Waals surface area contributed by atoms with Crippen LogP contribution in [0.4, 0.5) is 9.18 Å². The molecule has 0 aromatic heterocycles. The molecule has 1 amide bonds. The molecule has 0 aliphatic carbocycles. The molecule has 108 valence electrons. The lowest BCUT2D eigenvalue weighted by molar-refractivity contribution is 0.0535. The van der Waals surface area contributed by atoms with Crippen LogP contribution >= 0.6 is 23.2 Å². The van der Waals surface area contributed by atoms with Crippen molar-refractivity contribution < 1.29 is 13.9 Å². The van der Waals surface area contributed by atoms with Gasteiger partial charge in [-0.3, -0.25) is 0 Å². The number of ether oxygens (including phenoxy) is 1. The second-order valence-electron chi connectivity index (χ2n) is 4.91. The smallest absolute Gasteiger partial charge is 0.408 e. The van der Waals surface area contributed by atoms with Crippen molar-refractivity contribution in [3.8, 4) is 11.8 Å². The zero-order chi connectivity index (χ0) is 15.3. The van der Waals surface area contributed by atoms with Gasteiger partial charge in [0, 0.05) is 5.56 Å². The van der Waals surface area contributed by atoms with Gasteiger partial charge in [0.1, 0.15) is 11.4 Å². The van der Waals surface area contributed by atoms with E-state index in [1.807, 2.05) is 0 Å². The van der Waals surface area contributed by atoms with Gasteiger partial charge in [0.05, 0.1) is 16.6 Å². The molecule has 1 aromatic carbocycles. The molecule has 0 spiro atoms. The van der Waals surface area contributed by atoms with Crippen LogP contribution in [0.2, 0.25) is 10.0 Å². The molecule has 0 unspecified atom stereocenters. The van der Waals surface area contributed by atoms with Gasteiger partial charge >= 0.3 is 6.09 Å². The number of alkyl carbamates (subject to hydrolysis) is 1. The Bertz CT molecular complexity index is 548. The van der Waals surface area contributed by atoms with E-state index in [-0.39, 0.29) is 16.6 Å². The first kappa shape index (κ1) is 16.6. The van der Waals surface area contributed by atoms with Crippen molar-refractivity contribution in [2.75, 3.05) is 6.54 Å². The van der Waals surface area contributed by atoms with E-state index in [4.69, 9.17) is 27.9 Å². The number of amides is 1. The summed E-state index contributed by atoms with van der Waals surface area (Å²) in [7, 11) is 0. The third kappa shape index (κ3) is 5.68. The highest BCUT2D eigenvalue weighted by atomic mass is 35.5. The van der Waals surface area contributed by atoms with Crippen molar-refractivity contribution in [3.05, 3.63) is 33.6 Å². The van der Waals surface area contributed by atoms with E-state index in [0.717, 1.165) is 0 Å². The van der Waals surface area contributed by atoms with Crippen molar-refractivity contribution in [3.63, 3.8) is 0 Å². The highest BCUT2D eigenvalue weighted by Gasteiger charge is 2.15. The van der Waals surface area contributed by atoms with Crippen LogP contribution in [0.5, 0.6) is 0 Å². The normalized spacial score (nSPS) is 10.5. The molecule has 0 saturated carbocycles. The van der Waals surface area contributed by atoms with E-state index in [9.17, 15) is 9.18 Å². The van der Waals surface area contributed by atoms with Crippen LogP contribution in [-0.2, 0) is 4.74 Å². The third-order valence-electron chi connectivity index (χ3n) is 1.94. The molecule has 0 bridgehead atoms. The summed E-state index contributed by atoms with van der Waals surface area (Å²) in [6, 6.07) is 2.63. The SMILES string of the molecule is CC(C)(C)OC(=O)NCC#Cc1cc(F)c(Cl)c(Cl)c1. The van der Waals surface area contributed by atoms with Gasteiger partial charge in [-0.1, -0.05) is 35.0 Å². The molecule has 0 saturated heterocycles. The Morgan fingerprint density at radius 3 is 2.60 bits per heavy atom. The van der Waals surface area contributed by atoms with Crippen LogP contribution in [0.3, 0.4) is 0 Å². The van der Waals surface area contributed by atoms with Crippen LogP contribution in [0.1, 0.15) is 26.3 Å². The van der Waals surface area contributed by atoms with Gasteiger partial charge in [0.15, 0.2) is 0 Å². The molecule has 0 atom stereocenters. The van der Waals surface area contributed by atoms with Gasteiger partial charge in [-0.05, 0) is 32.9 Å². The van der Waals surface area contributed by atoms with E-state index in [1.54, 1.807) is 20.8 Å². The standard InChI is InChI=1S/C14H14Cl2FNO2/c1-14(2,3)20-13(19)18-6-4-5-9-7-10(15)12(16)11(17)8-9/h7-8H,6H2,1-3H3,(H,18,19). The highest BCUT2D eigenvalue weighted by molar-refractivity contribution is 6.42. The number of benzene rings is 1. The van der Waals surface area contributed by atoms with Crippen LogP contribution in [-0.4, -0.2) is 18.2 Å². The van der Waals surface area contributed by atoms with Crippen LogP contribution in [0.15, 0.2) is 12.1 Å². The molecule has 0 fully saturated rings. The number of hydrogen-bond acceptors (Lipinski definition) is 2. The largest absolute Gasteiger partial charge is 0.444 e. The van der Waals surface area contributed by atoms with Crippen molar-refractivity contribution in [1.29, 1.82) is 0 Å². The van der Waals surface area contributed by atoms with Crippen molar-refractivity contribution in [2.24, 2.45) is 0 Å². The van der Waals surface area contributed by atoms with Gasteiger partial charge in [0.25, 0.3) is 0 Å². The van der Waals surface area contributed by atoms with Crippen molar-refractivity contribution in [1.82, 2.24) is 5.32 Å². The van der Waals surface area contributed by atoms with E-state index in [1.165, 1.54) is 12.1 Å². The Hall–Kier alpha value is -1.44. The number of carbonyl (C=O) groups is 1. The highest BCUT2D eigenvalue weighted by Crippen LogP contribution is 2.25. The monoisotopic (exact) mass is 317 g/mol. The molecule has 1 N–H and O–H groups in total. The van der Waals surface area contributed by atoms with Gasteiger partial charge in [-0.15, -0.1) is 0 Å². The Balaban J connectivity index is 2.58. The molecular weight excluding hydrogens is 304 g/mol. The summed E-state index contributed by atoms with van der Waals surface area (Å²) in [5.74, 6) is 4.69. The Labute approximate surface area is 127 Å². The lowest BCUT2D eigenvalue weighted by Crippen LogP contribution is -2.32. The Morgan fingerprint density at radius 2 is 2.05 bits per heavy atom. The molecule has 6 heteroatoms. The van der Waals surface area contributed by atoms with Gasteiger partial charge in [0.2, 0.25) is 0 Å². The summed E-state index contributed by atoms with van der Waals surface area (Å²) < 4.78 is 18.3. The predicted octanol–water partition coefficient (Wildman–Crippen LogP) is 4.01. The molecule has 1 rings (SSSR count). The zero-order valence-corrected chi connectivity index (χ0v) is 12.8. The van der Waals surface area contributed by atoms with Gasteiger partial charge in [-0.2, -0.15) is 0 Å². The molecule has 1 aromatic rings. The maximum Gasteiger partial charge on any atom is 0.408 e. The second-order valence-corrected chi connectivity index (χ2v) is 5.70. The van der Waals surface area contributed by atoms with E-state index in [2.05, 4.69) is 17.2 Å². The quantitative estimate of drug-likeness (QED) is 0.628. The van der Waals surface area contributed by atoms with E-state index in [0.29, 0.717) is 5.56 Å². The van der Waals surface area contributed by atoms with Crippen molar-refractivity contribution >= 4 is 29.3 Å². The minimum Gasteiger partial charge on any atom is -0.444 e. The first-order valence-electron chi connectivity index (χ1n) is 5.79. The Morgan fingerprint density at radius 1 is 1.40 bits per heavy atom. The summed E-state index contributed by atoms with van der Waals surface area (Å²) in [5.41, 5.74) is -0.187. The minimum atomic E-state index is -0.636. The molecule has 20 heavy (non-hydrogen) atoms. The van der Waals surface area contributed by atoms with Crippen molar-refractivity contribution in [2.45, 2.75) is 26.4 Å². The molecule has 0 aliphatic heterocycles. The van der Waals surface area contributed by atoms with E-state index < -0.39 is 17.5 Å². The maximum absolute atomic E-state index is 13.3. The van der Waals surface area contributed by atoms with E-state index >= 15 is 0 Å². The number of rotatable bonds is 1. The summed E-state index contributed by atoms with van der Waals surface area (Å²) in [4.78, 5) is 11.3. The molecule has 0 aliphatic rings. The molecule has 0 radical (unpaired) electrons. The number of halogens is 3. The third-order valence-corrected chi connectivity index (χ3v) is 2.72. The lowest BCUT2D eigenvalue weighted by Gasteiger charge is -2.18. The lowest BCUT2D eigenvalue weighted by atomic mass is 10.2. The fourth-order valence-corrected chi connectivity index (χ4v) is 1.52. The average molecular weight is 318 g/mol. The number of hydrogen-bond donors (Lipinski definition) is 1. The van der Waals surface area contributed by atoms with Gasteiger partial charge < -0.3 is 10.1 Å². The summed E-state index contributed by atoms with van der Waals surface area (Å²) in [6.45, 7) is 5.36. The maximum atomic E-state index is 13.3. The predicted molar refractivity (Wildman–Crippen MR) is 77.5 cm³/mol. The molecular formula is C14H14Cl2FNO2. The Kier molecular flexibility index (Phi) is 5.67. The number of carbonyl (C=O) groups excluding carboxylic acids is 1. The molecule has 0 heterocycles. The summed E-state index contributed by atoms with van der Waals surface area (Å²) >= 11 is 11.3. The van der Waals surface area contributed by atoms with Crippen LogP contribution in [0, 0.1) is 17.7 Å². The zero-order valence-electron chi connectivity index (χ0n) is 11.3.